The zero-order valence-electron chi connectivity index (χ0n) is 20.8. The lowest BCUT2D eigenvalue weighted by Crippen LogP contribution is -2.47. The largest absolute Gasteiger partial charge is 0.388 e. The maximum absolute atomic E-state index is 12.9. The number of para-hydroxylation sites is 2. The molecular formula is C30H34N4O2. The molecule has 0 spiro atoms. The molecule has 186 valence electrons. The molecule has 0 saturated carbocycles. The first-order valence-electron chi connectivity index (χ1n) is 12.8. The van der Waals surface area contributed by atoms with E-state index in [-0.39, 0.29) is 11.9 Å². The molecule has 1 saturated heterocycles. The number of carbonyl (C=O) groups is 1. The Bertz CT molecular complexity index is 1290. The van der Waals surface area contributed by atoms with Crippen molar-refractivity contribution in [1.29, 1.82) is 0 Å². The van der Waals surface area contributed by atoms with E-state index in [2.05, 4.69) is 38.0 Å². The molecule has 5 rings (SSSR count). The number of nitrogens with zero attached hydrogens (tertiary/aromatic N) is 3. The molecule has 0 aliphatic carbocycles. The number of piperidine rings is 1. The summed E-state index contributed by atoms with van der Waals surface area (Å²) in [4.78, 5) is 19.9. The fourth-order valence-electron chi connectivity index (χ4n) is 5.19. The van der Waals surface area contributed by atoms with Gasteiger partial charge >= 0.3 is 0 Å². The van der Waals surface area contributed by atoms with E-state index < -0.39 is 5.60 Å². The topological polar surface area (TPSA) is 70.4 Å². The van der Waals surface area contributed by atoms with E-state index in [9.17, 15) is 9.90 Å². The van der Waals surface area contributed by atoms with Gasteiger partial charge in [0, 0.05) is 25.2 Å². The van der Waals surface area contributed by atoms with Crippen molar-refractivity contribution >= 4 is 16.9 Å². The quantitative estimate of drug-likeness (QED) is 0.381. The van der Waals surface area contributed by atoms with Gasteiger partial charge in [0.15, 0.2) is 0 Å². The minimum Gasteiger partial charge on any atom is -0.388 e. The molecule has 1 aromatic heterocycles. The Morgan fingerprint density at radius 1 is 0.972 bits per heavy atom. The van der Waals surface area contributed by atoms with Crippen molar-refractivity contribution in [1.82, 2.24) is 19.8 Å². The monoisotopic (exact) mass is 482 g/mol. The van der Waals surface area contributed by atoms with E-state index >= 15 is 0 Å². The van der Waals surface area contributed by atoms with Gasteiger partial charge in [-0.3, -0.25) is 4.79 Å². The number of amides is 1. The molecule has 1 atom stereocenters. The molecular weight excluding hydrogens is 448 g/mol. The number of nitrogens with one attached hydrogen (secondary N) is 1. The molecule has 4 aromatic rings. The molecule has 0 radical (unpaired) electrons. The summed E-state index contributed by atoms with van der Waals surface area (Å²) in [6, 6.07) is 27.6. The predicted molar refractivity (Wildman–Crippen MR) is 143 cm³/mol. The van der Waals surface area contributed by atoms with Crippen LogP contribution in [0.2, 0.25) is 0 Å². The van der Waals surface area contributed by atoms with Crippen LogP contribution in [0.4, 0.5) is 0 Å². The number of imidazole rings is 1. The van der Waals surface area contributed by atoms with Gasteiger partial charge in [0.2, 0.25) is 0 Å². The molecule has 2 heterocycles. The number of benzene rings is 3. The predicted octanol–water partition coefficient (Wildman–Crippen LogP) is 4.73. The van der Waals surface area contributed by atoms with E-state index in [1.54, 1.807) is 0 Å². The van der Waals surface area contributed by atoms with Crippen molar-refractivity contribution in [2.75, 3.05) is 19.6 Å². The van der Waals surface area contributed by atoms with E-state index in [1.807, 2.05) is 73.7 Å². The average Bonchev–Trinajstić information content (AvgIpc) is 3.22. The van der Waals surface area contributed by atoms with Crippen molar-refractivity contribution in [3.63, 3.8) is 0 Å². The van der Waals surface area contributed by atoms with Crippen LogP contribution in [0.15, 0.2) is 84.9 Å². The van der Waals surface area contributed by atoms with Crippen molar-refractivity contribution in [3.8, 4) is 0 Å². The van der Waals surface area contributed by atoms with Gasteiger partial charge in [-0.2, -0.15) is 0 Å². The number of carbonyl (C=O) groups excluding carboxylic acids is 1. The summed E-state index contributed by atoms with van der Waals surface area (Å²) in [6.45, 7) is 5.09. The third-order valence-electron chi connectivity index (χ3n) is 7.36. The molecule has 1 fully saturated rings. The first-order chi connectivity index (χ1) is 17.5. The number of aryl methyl sites for hydroxylation is 1. The van der Waals surface area contributed by atoms with Crippen LogP contribution in [-0.4, -0.2) is 50.7 Å². The normalized spacial score (nSPS) is 16.6. The van der Waals surface area contributed by atoms with Crippen LogP contribution >= 0.6 is 0 Å². The Balaban J connectivity index is 1.20. The molecule has 1 aliphatic heterocycles. The van der Waals surface area contributed by atoms with Crippen LogP contribution < -0.4 is 5.32 Å². The summed E-state index contributed by atoms with van der Waals surface area (Å²) >= 11 is 0. The van der Waals surface area contributed by atoms with Gasteiger partial charge in [0.25, 0.3) is 5.91 Å². The summed E-state index contributed by atoms with van der Waals surface area (Å²) in [6.07, 6.45) is 2.24. The van der Waals surface area contributed by atoms with Gasteiger partial charge < -0.3 is 19.9 Å². The maximum Gasteiger partial charge on any atom is 0.251 e. The van der Waals surface area contributed by atoms with Crippen molar-refractivity contribution in [3.05, 3.63) is 102 Å². The average molecular weight is 483 g/mol. The molecule has 2 N–H and O–H groups in total. The number of rotatable bonds is 8. The number of fused-ring (bicyclic) bond motifs is 1. The lowest BCUT2D eigenvalue weighted by atomic mass is 9.90. The Kier molecular flexibility index (Phi) is 7.16. The summed E-state index contributed by atoms with van der Waals surface area (Å²) < 4.78 is 2.15. The Morgan fingerprint density at radius 2 is 1.61 bits per heavy atom. The minimum absolute atomic E-state index is 0.0552. The standard InChI is InChI=1S/C30H34N4O2/c1-23-31-27-14-8-9-15-28(27)34(23)22-30(36)17-20-33(21-18-30)19-16-26(24-10-4-2-5-11-24)32-29(35)25-12-6-3-7-13-25/h2-15,26,36H,16-22H2,1H3,(H,32,35). The van der Waals surface area contributed by atoms with Crippen LogP contribution in [0.1, 0.15) is 47.1 Å². The summed E-state index contributed by atoms with van der Waals surface area (Å²) in [5, 5.41) is 14.6. The highest BCUT2D eigenvalue weighted by atomic mass is 16.3. The zero-order valence-corrected chi connectivity index (χ0v) is 20.8. The van der Waals surface area contributed by atoms with Gasteiger partial charge in [-0.25, -0.2) is 4.98 Å². The lowest BCUT2D eigenvalue weighted by molar-refractivity contribution is -0.0341. The molecule has 1 amide bonds. The summed E-state index contributed by atoms with van der Waals surface area (Å²) in [5.41, 5.74) is 3.08. The molecule has 3 aromatic carbocycles. The highest BCUT2D eigenvalue weighted by Gasteiger charge is 2.33. The van der Waals surface area contributed by atoms with E-state index in [1.165, 1.54) is 0 Å². The number of hydrogen-bond donors (Lipinski definition) is 2. The Morgan fingerprint density at radius 3 is 2.33 bits per heavy atom. The smallest absolute Gasteiger partial charge is 0.251 e. The Hall–Kier alpha value is -3.48. The summed E-state index contributed by atoms with van der Waals surface area (Å²) in [7, 11) is 0. The second-order valence-electron chi connectivity index (χ2n) is 9.89. The lowest BCUT2D eigenvalue weighted by Gasteiger charge is -2.39. The van der Waals surface area contributed by atoms with Crippen LogP contribution in [0.5, 0.6) is 0 Å². The maximum atomic E-state index is 12.9. The van der Waals surface area contributed by atoms with Gasteiger partial charge in [-0.15, -0.1) is 0 Å². The number of aromatic nitrogens is 2. The summed E-state index contributed by atoms with van der Waals surface area (Å²) in [5.74, 6) is 0.882. The second kappa shape index (κ2) is 10.6. The fraction of sp³-hybridized carbons (Fsp3) is 0.333. The molecule has 0 bridgehead atoms. The number of aliphatic hydroxyl groups is 1. The van der Waals surface area contributed by atoms with Gasteiger partial charge in [0.1, 0.15) is 5.82 Å². The van der Waals surface area contributed by atoms with Crippen molar-refractivity contribution < 1.29 is 9.90 Å². The molecule has 1 aliphatic rings. The van der Waals surface area contributed by atoms with Gasteiger partial charge in [0.05, 0.1) is 29.2 Å². The first kappa shape index (κ1) is 24.2. The van der Waals surface area contributed by atoms with E-state index in [0.717, 1.165) is 48.5 Å². The van der Waals surface area contributed by atoms with E-state index in [0.29, 0.717) is 24.9 Å². The number of likely N-dealkylation sites (tertiary alicyclic amines) is 1. The molecule has 36 heavy (non-hydrogen) atoms. The highest BCUT2D eigenvalue weighted by molar-refractivity contribution is 5.94. The third-order valence-corrected chi connectivity index (χ3v) is 7.36. The zero-order chi connectivity index (χ0) is 25.0. The van der Waals surface area contributed by atoms with Crippen LogP contribution in [0, 0.1) is 6.92 Å². The first-order valence-corrected chi connectivity index (χ1v) is 12.8. The van der Waals surface area contributed by atoms with Gasteiger partial charge in [-0.05, 0) is 56.0 Å². The highest BCUT2D eigenvalue weighted by Crippen LogP contribution is 2.28. The SMILES string of the molecule is Cc1nc2ccccc2n1CC1(O)CCN(CCC(NC(=O)c2ccccc2)c2ccccc2)CC1. The van der Waals surface area contributed by atoms with Crippen LogP contribution in [-0.2, 0) is 6.54 Å². The fourth-order valence-corrected chi connectivity index (χ4v) is 5.19. The molecule has 6 heteroatoms. The van der Waals surface area contributed by atoms with Crippen molar-refractivity contribution in [2.45, 2.75) is 44.4 Å². The molecule has 1 unspecified atom stereocenters. The van der Waals surface area contributed by atoms with E-state index in [4.69, 9.17) is 0 Å². The van der Waals surface area contributed by atoms with Gasteiger partial charge in [-0.1, -0.05) is 60.7 Å². The Labute approximate surface area is 212 Å². The number of hydrogen-bond acceptors (Lipinski definition) is 4. The van der Waals surface area contributed by atoms with Crippen LogP contribution in [0.3, 0.4) is 0 Å². The van der Waals surface area contributed by atoms with Crippen LogP contribution in [0.25, 0.3) is 11.0 Å². The third kappa shape index (κ3) is 5.50. The van der Waals surface area contributed by atoms with Crippen molar-refractivity contribution in [2.24, 2.45) is 0 Å². The second-order valence-corrected chi connectivity index (χ2v) is 9.89. The molecule has 6 nitrogen and oxygen atoms in total. The minimum atomic E-state index is -0.745.